The van der Waals surface area contributed by atoms with Gasteiger partial charge in [0, 0.05) is 36.6 Å². The van der Waals surface area contributed by atoms with Crippen molar-refractivity contribution < 1.29 is 22.7 Å². The number of sulfonamides is 1. The van der Waals surface area contributed by atoms with Crippen LogP contribution in [0.4, 0.5) is 0 Å². The van der Waals surface area contributed by atoms with Crippen LogP contribution in [0.3, 0.4) is 0 Å². The molecule has 1 saturated heterocycles. The second kappa shape index (κ2) is 10.3. The Balaban J connectivity index is 1.50. The minimum absolute atomic E-state index is 0.0454. The average Bonchev–Trinajstić information content (AvgIpc) is 2.79. The summed E-state index contributed by atoms with van der Waals surface area (Å²) in [5.74, 6) is 1.18. The first-order valence-corrected chi connectivity index (χ1v) is 11.9. The lowest BCUT2D eigenvalue weighted by atomic mass is 9.97. The molecule has 0 saturated carbocycles. The maximum Gasteiger partial charge on any atom is 0.243 e. The normalized spacial score (nSPS) is 15.5. The summed E-state index contributed by atoms with van der Waals surface area (Å²) in [4.78, 5) is 12.8. The molecule has 168 valence electrons. The van der Waals surface area contributed by atoms with Crippen LogP contribution < -0.4 is 14.8 Å². The minimum atomic E-state index is -3.58. The second-order valence-corrected chi connectivity index (χ2v) is 9.73. The van der Waals surface area contributed by atoms with Gasteiger partial charge in [0.25, 0.3) is 0 Å². The first-order valence-electron chi connectivity index (χ1n) is 10.1. The Morgan fingerprint density at radius 2 is 1.77 bits per heavy atom. The summed E-state index contributed by atoms with van der Waals surface area (Å²) >= 11 is 5.85. The van der Waals surface area contributed by atoms with Crippen LogP contribution >= 0.6 is 11.6 Å². The van der Waals surface area contributed by atoms with Crippen LogP contribution in [0, 0.1) is 5.92 Å². The van der Waals surface area contributed by atoms with Crippen LogP contribution in [0.5, 0.6) is 11.5 Å². The van der Waals surface area contributed by atoms with Gasteiger partial charge in [-0.3, -0.25) is 4.79 Å². The number of amides is 1. The number of nitrogens with one attached hydrogen (secondary N) is 1. The van der Waals surface area contributed by atoms with Crippen molar-refractivity contribution in [1.29, 1.82) is 0 Å². The first-order chi connectivity index (χ1) is 14.8. The molecule has 0 atom stereocenters. The van der Waals surface area contributed by atoms with E-state index in [1.54, 1.807) is 26.4 Å². The van der Waals surface area contributed by atoms with E-state index in [2.05, 4.69) is 5.32 Å². The van der Waals surface area contributed by atoms with Gasteiger partial charge < -0.3 is 14.8 Å². The summed E-state index contributed by atoms with van der Waals surface area (Å²) in [6.45, 7) is 1.11. The van der Waals surface area contributed by atoms with Crippen LogP contribution in [-0.4, -0.2) is 52.5 Å². The molecule has 0 unspecified atom stereocenters. The largest absolute Gasteiger partial charge is 0.497 e. The van der Waals surface area contributed by atoms with Gasteiger partial charge in [-0.05, 0) is 55.2 Å². The highest BCUT2D eigenvalue weighted by Gasteiger charge is 2.32. The number of carbonyl (C=O) groups excluding carboxylic acids is 1. The zero-order chi connectivity index (χ0) is 22.4. The Hall–Kier alpha value is -2.29. The lowest BCUT2D eigenvalue weighted by molar-refractivity contribution is -0.126. The number of halogens is 1. The summed E-state index contributed by atoms with van der Waals surface area (Å²) in [5.41, 5.74) is 0.979. The lowest BCUT2D eigenvalue weighted by Gasteiger charge is -2.30. The molecule has 1 aliphatic heterocycles. The fraction of sp³-hybridized carbons (Fsp3) is 0.409. The number of nitrogens with zero attached hydrogens (tertiary/aromatic N) is 1. The van der Waals surface area contributed by atoms with E-state index in [-0.39, 0.29) is 16.7 Å². The van der Waals surface area contributed by atoms with Crippen molar-refractivity contribution >= 4 is 27.5 Å². The van der Waals surface area contributed by atoms with Gasteiger partial charge >= 0.3 is 0 Å². The number of hydrogen-bond donors (Lipinski definition) is 1. The van der Waals surface area contributed by atoms with Crippen molar-refractivity contribution in [3.8, 4) is 11.5 Å². The highest BCUT2D eigenvalue weighted by Crippen LogP contribution is 2.26. The molecule has 0 spiro atoms. The highest BCUT2D eigenvalue weighted by atomic mass is 35.5. The van der Waals surface area contributed by atoms with E-state index in [1.165, 1.54) is 16.4 Å². The van der Waals surface area contributed by atoms with Crippen molar-refractivity contribution in [3.05, 3.63) is 53.1 Å². The molecular formula is C22H27ClN2O5S. The monoisotopic (exact) mass is 466 g/mol. The Labute approximate surface area is 188 Å². The third-order valence-electron chi connectivity index (χ3n) is 5.46. The van der Waals surface area contributed by atoms with E-state index in [1.807, 2.05) is 18.2 Å². The summed E-state index contributed by atoms with van der Waals surface area (Å²) in [5, 5.41) is 3.45. The fourth-order valence-electron chi connectivity index (χ4n) is 3.64. The molecule has 7 nitrogen and oxygen atoms in total. The topological polar surface area (TPSA) is 84.9 Å². The van der Waals surface area contributed by atoms with Crippen molar-refractivity contribution in [2.75, 3.05) is 33.9 Å². The van der Waals surface area contributed by atoms with Gasteiger partial charge in [-0.15, -0.1) is 0 Å². The number of ether oxygens (including phenoxy) is 2. The van der Waals surface area contributed by atoms with Gasteiger partial charge in [0.2, 0.25) is 15.9 Å². The molecule has 1 fully saturated rings. The first kappa shape index (κ1) is 23.4. The maximum absolute atomic E-state index is 12.8. The number of carbonyl (C=O) groups is 1. The van der Waals surface area contributed by atoms with Gasteiger partial charge in [0.15, 0.2) is 0 Å². The number of piperidine rings is 1. The summed E-state index contributed by atoms with van der Waals surface area (Å²) < 4.78 is 37.6. The smallest absolute Gasteiger partial charge is 0.243 e. The molecule has 0 aliphatic carbocycles. The maximum atomic E-state index is 12.8. The average molecular weight is 467 g/mol. The fourth-order valence-corrected chi connectivity index (χ4v) is 5.23. The zero-order valence-electron chi connectivity index (χ0n) is 17.6. The third-order valence-corrected chi connectivity index (χ3v) is 7.63. The van der Waals surface area contributed by atoms with E-state index >= 15 is 0 Å². The quantitative estimate of drug-likeness (QED) is 0.646. The van der Waals surface area contributed by atoms with Crippen molar-refractivity contribution in [2.45, 2.75) is 24.2 Å². The highest BCUT2D eigenvalue weighted by molar-refractivity contribution is 7.89. The van der Waals surface area contributed by atoms with Crippen LogP contribution in [0.25, 0.3) is 0 Å². The van der Waals surface area contributed by atoms with E-state index in [0.29, 0.717) is 55.4 Å². The van der Waals surface area contributed by atoms with Gasteiger partial charge in [0.1, 0.15) is 11.5 Å². The SMILES string of the molecule is COc1ccc(CCNC(=O)C2CCN(S(=O)(=O)c3ccc(Cl)cc3)CC2)c(OC)c1. The predicted molar refractivity (Wildman–Crippen MR) is 119 cm³/mol. The molecule has 1 aliphatic rings. The van der Waals surface area contributed by atoms with Gasteiger partial charge in [-0.2, -0.15) is 4.31 Å². The van der Waals surface area contributed by atoms with E-state index in [9.17, 15) is 13.2 Å². The third kappa shape index (κ3) is 5.70. The summed E-state index contributed by atoms with van der Waals surface area (Å²) in [6.07, 6.45) is 1.61. The molecule has 9 heteroatoms. The minimum Gasteiger partial charge on any atom is -0.497 e. The standard InChI is InChI=1S/C22H27ClN2O5S/c1-29-19-6-3-16(21(15-19)30-2)9-12-24-22(26)17-10-13-25(14-11-17)31(27,28)20-7-4-18(23)5-8-20/h3-8,15,17H,9-14H2,1-2H3,(H,24,26). The second-order valence-electron chi connectivity index (χ2n) is 7.35. The molecule has 0 bridgehead atoms. The van der Waals surface area contributed by atoms with E-state index in [4.69, 9.17) is 21.1 Å². The number of hydrogen-bond acceptors (Lipinski definition) is 5. The van der Waals surface area contributed by atoms with Crippen molar-refractivity contribution in [3.63, 3.8) is 0 Å². The van der Waals surface area contributed by atoms with Gasteiger partial charge in [-0.25, -0.2) is 8.42 Å². The van der Waals surface area contributed by atoms with E-state index in [0.717, 1.165) is 5.56 Å². The number of rotatable bonds is 8. The summed E-state index contributed by atoms with van der Waals surface area (Å²) in [7, 11) is -0.378. The molecule has 2 aromatic carbocycles. The molecule has 2 aromatic rings. The predicted octanol–water partition coefficient (Wildman–Crippen LogP) is 3.12. The molecule has 31 heavy (non-hydrogen) atoms. The van der Waals surface area contributed by atoms with Gasteiger partial charge in [0.05, 0.1) is 19.1 Å². The Bertz CT molecular complexity index is 1000. The number of methoxy groups -OCH3 is 2. The van der Waals surface area contributed by atoms with Crippen molar-refractivity contribution in [2.24, 2.45) is 5.92 Å². The molecule has 1 heterocycles. The van der Waals surface area contributed by atoms with Crippen molar-refractivity contribution in [1.82, 2.24) is 9.62 Å². The molecule has 3 rings (SSSR count). The molecule has 0 aromatic heterocycles. The van der Waals surface area contributed by atoms with Crippen LogP contribution in [0.1, 0.15) is 18.4 Å². The molecule has 1 N–H and O–H groups in total. The van der Waals surface area contributed by atoms with Crippen LogP contribution in [0.15, 0.2) is 47.4 Å². The Kier molecular flexibility index (Phi) is 7.80. The Morgan fingerprint density at radius 1 is 1.10 bits per heavy atom. The number of benzene rings is 2. The zero-order valence-corrected chi connectivity index (χ0v) is 19.2. The summed E-state index contributed by atoms with van der Waals surface area (Å²) in [6, 6.07) is 11.7. The van der Waals surface area contributed by atoms with E-state index < -0.39 is 10.0 Å². The molecular weight excluding hydrogens is 440 g/mol. The van der Waals surface area contributed by atoms with Gasteiger partial charge in [-0.1, -0.05) is 17.7 Å². The molecule has 0 radical (unpaired) electrons. The lowest BCUT2D eigenvalue weighted by Crippen LogP contribution is -2.43. The molecule has 1 amide bonds. The Morgan fingerprint density at radius 3 is 2.39 bits per heavy atom. The van der Waals surface area contributed by atoms with Crippen LogP contribution in [-0.2, 0) is 21.2 Å². The van der Waals surface area contributed by atoms with Crippen LogP contribution in [0.2, 0.25) is 5.02 Å².